The third-order valence-corrected chi connectivity index (χ3v) is 6.60. The Bertz CT molecular complexity index is 1110. The Balaban J connectivity index is 2.01. The first kappa shape index (κ1) is 26.7. The molecule has 0 radical (unpaired) electrons. The molecule has 1 heterocycles. The Morgan fingerprint density at radius 2 is 1.74 bits per heavy atom. The second kappa shape index (κ2) is 12.7. The molecule has 0 saturated heterocycles. The largest absolute Gasteiger partial charge is 0.339 e. The summed E-state index contributed by atoms with van der Waals surface area (Å²) in [5, 5.41) is 0. The van der Waals surface area contributed by atoms with Crippen LogP contribution in [-0.4, -0.2) is 33.4 Å². The molecule has 0 saturated carbocycles. The predicted octanol–water partition coefficient (Wildman–Crippen LogP) is 8.07. The minimum absolute atomic E-state index is 0.129. The molecule has 1 amide bonds. The van der Waals surface area contributed by atoms with Crippen LogP contribution in [0.5, 0.6) is 0 Å². The van der Waals surface area contributed by atoms with Crippen molar-refractivity contribution in [2.75, 3.05) is 13.1 Å². The molecule has 0 spiro atoms. The highest BCUT2D eigenvalue weighted by atomic mass is 16.2. The van der Waals surface area contributed by atoms with E-state index >= 15 is 0 Å². The average molecular weight is 474 g/mol. The lowest BCUT2D eigenvalue weighted by atomic mass is 10.1. The first-order valence-electron chi connectivity index (χ1n) is 13.4. The number of benzene rings is 2. The number of nitrogens with zero attached hydrogens (tertiary/aromatic N) is 3. The molecule has 3 rings (SSSR count). The number of unbranched alkanes of at least 4 members (excludes halogenated alkanes) is 2. The van der Waals surface area contributed by atoms with E-state index in [0.717, 1.165) is 78.9 Å². The van der Waals surface area contributed by atoms with E-state index in [9.17, 15) is 4.79 Å². The van der Waals surface area contributed by atoms with Gasteiger partial charge in [-0.15, -0.1) is 0 Å². The van der Waals surface area contributed by atoms with Gasteiger partial charge in [0.25, 0.3) is 5.91 Å². The molecule has 3 aromatic rings. The van der Waals surface area contributed by atoms with E-state index in [-0.39, 0.29) is 5.91 Å². The Morgan fingerprint density at radius 1 is 1.03 bits per heavy atom. The summed E-state index contributed by atoms with van der Waals surface area (Å²) in [5.74, 6) is 2.23. The molecule has 0 aliphatic carbocycles. The smallest absolute Gasteiger partial charge is 0.253 e. The first-order valence-corrected chi connectivity index (χ1v) is 13.4. The molecule has 2 aromatic carbocycles. The summed E-state index contributed by atoms with van der Waals surface area (Å²) in [5.41, 5.74) is 4.90. The molecule has 4 nitrogen and oxygen atoms in total. The Morgan fingerprint density at radius 3 is 2.37 bits per heavy atom. The zero-order valence-corrected chi connectivity index (χ0v) is 22.4. The van der Waals surface area contributed by atoms with E-state index in [0.29, 0.717) is 11.8 Å². The van der Waals surface area contributed by atoms with Gasteiger partial charge in [-0.1, -0.05) is 78.3 Å². The van der Waals surface area contributed by atoms with Gasteiger partial charge in [0.2, 0.25) is 0 Å². The van der Waals surface area contributed by atoms with Crippen molar-refractivity contribution in [1.29, 1.82) is 0 Å². The van der Waals surface area contributed by atoms with Gasteiger partial charge < -0.3 is 9.47 Å². The molecule has 0 aliphatic heterocycles. The van der Waals surface area contributed by atoms with Gasteiger partial charge >= 0.3 is 0 Å². The lowest BCUT2D eigenvalue weighted by Crippen LogP contribution is -2.34. The van der Waals surface area contributed by atoms with Gasteiger partial charge in [-0.25, -0.2) is 4.98 Å². The number of aryl methyl sites for hydroxylation is 1. The van der Waals surface area contributed by atoms with Crippen molar-refractivity contribution >= 4 is 23.0 Å². The zero-order chi connectivity index (χ0) is 25.4. The molecule has 4 heteroatoms. The van der Waals surface area contributed by atoms with Crippen LogP contribution in [0.15, 0.2) is 49.0 Å². The Labute approximate surface area is 212 Å². The fourth-order valence-corrected chi connectivity index (χ4v) is 4.35. The van der Waals surface area contributed by atoms with E-state index in [1.807, 2.05) is 23.1 Å². The molecule has 0 bridgehead atoms. The summed E-state index contributed by atoms with van der Waals surface area (Å²) in [6.07, 6.45) is 7.33. The molecule has 0 aliphatic rings. The summed E-state index contributed by atoms with van der Waals surface area (Å²) >= 11 is 0. The maximum atomic E-state index is 13.6. The number of carbonyl (C=O) groups is 1. The van der Waals surface area contributed by atoms with E-state index in [4.69, 9.17) is 4.98 Å². The van der Waals surface area contributed by atoms with Gasteiger partial charge in [0.05, 0.1) is 11.0 Å². The number of aromatic nitrogens is 2. The Hall–Kier alpha value is -2.88. The van der Waals surface area contributed by atoms with E-state index < -0.39 is 0 Å². The topological polar surface area (TPSA) is 38.1 Å². The van der Waals surface area contributed by atoms with E-state index in [2.05, 4.69) is 76.1 Å². The second-order valence-corrected chi connectivity index (χ2v) is 10.5. The SMILES string of the molecule is C=Cc1cccc(-c2nc3ccc(C(=O)N(CCC(C)C)CCC(C)C)cc3n2CCCCC)c1. The van der Waals surface area contributed by atoms with Crippen molar-refractivity contribution in [3.8, 4) is 11.4 Å². The van der Waals surface area contributed by atoms with Gasteiger partial charge in [0.1, 0.15) is 5.82 Å². The number of hydrogen-bond acceptors (Lipinski definition) is 2. The van der Waals surface area contributed by atoms with E-state index in [1.165, 1.54) is 6.42 Å². The van der Waals surface area contributed by atoms with Crippen LogP contribution in [0.4, 0.5) is 0 Å². The van der Waals surface area contributed by atoms with Gasteiger partial charge in [-0.05, 0) is 60.9 Å². The van der Waals surface area contributed by atoms with Crippen molar-refractivity contribution in [3.05, 3.63) is 60.2 Å². The number of fused-ring (bicyclic) bond motifs is 1. The predicted molar refractivity (Wildman–Crippen MR) is 150 cm³/mol. The van der Waals surface area contributed by atoms with Crippen LogP contribution in [-0.2, 0) is 6.54 Å². The summed E-state index contributed by atoms with van der Waals surface area (Å²) < 4.78 is 2.30. The van der Waals surface area contributed by atoms with Crippen LogP contribution < -0.4 is 0 Å². The van der Waals surface area contributed by atoms with Crippen molar-refractivity contribution in [2.24, 2.45) is 11.8 Å². The minimum Gasteiger partial charge on any atom is -0.339 e. The standard InChI is InChI=1S/C31H43N3O/c1-7-9-10-18-34-29-22-27(31(35)33(19-16-23(3)4)20-17-24(5)6)14-15-28(29)32-30(34)26-13-11-12-25(8-2)21-26/h8,11-15,21-24H,2,7,9-10,16-20H2,1,3-6H3. The van der Waals surface area contributed by atoms with Crippen LogP contribution in [0.25, 0.3) is 28.5 Å². The molecular formula is C31H43N3O. The van der Waals surface area contributed by atoms with Gasteiger partial charge in [-0.3, -0.25) is 4.79 Å². The number of carbonyl (C=O) groups excluding carboxylic acids is 1. The molecule has 188 valence electrons. The fourth-order valence-electron chi connectivity index (χ4n) is 4.35. The van der Waals surface area contributed by atoms with Crippen LogP contribution in [0.1, 0.15) is 82.6 Å². The molecule has 0 N–H and O–H groups in total. The molecule has 35 heavy (non-hydrogen) atoms. The van der Waals surface area contributed by atoms with Crippen molar-refractivity contribution in [2.45, 2.75) is 73.3 Å². The normalized spacial score (nSPS) is 11.5. The third-order valence-electron chi connectivity index (χ3n) is 6.60. The maximum absolute atomic E-state index is 13.6. The maximum Gasteiger partial charge on any atom is 0.253 e. The first-order chi connectivity index (χ1) is 16.8. The molecule has 0 unspecified atom stereocenters. The van der Waals surface area contributed by atoms with Crippen LogP contribution >= 0.6 is 0 Å². The molecule has 0 fully saturated rings. The quantitative estimate of drug-likeness (QED) is 0.235. The monoisotopic (exact) mass is 473 g/mol. The van der Waals surface area contributed by atoms with Crippen molar-refractivity contribution in [1.82, 2.24) is 14.5 Å². The lowest BCUT2D eigenvalue weighted by Gasteiger charge is -2.24. The number of imidazole rings is 1. The average Bonchev–Trinajstić information content (AvgIpc) is 3.21. The molecule has 0 atom stereocenters. The summed E-state index contributed by atoms with van der Waals surface area (Å²) in [7, 11) is 0. The van der Waals surface area contributed by atoms with Gasteiger partial charge in [-0.2, -0.15) is 0 Å². The summed E-state index contributed by atoms with van der Waals surface area (Å²) in [6.45, 7) is 17.5. The Kier molecular flexibility index (Phi) is 9.71. The highest BCUT2D eigenvalue weighted by Crippen LogP contribution is 2.28. The van der Waals surface area contributed by atoms with Crippen LogP contribution in [0.2, 0.25) is 0 Å². The molecular weight excluding hydrogens is 430 g/mol. The molecule has 1 aromatic heterocycles. The lowest BCUT2D eigenvalue weighted by molar-refractivity contribution is 0.0741. The van der Waals surface area contributed by atoms with Crippen LogP contribution in [0, 0.1) is 11.8 Å². The number of hydrogen-bond donors (Lipinski definition) is 0. The van der Waals surface area contributed by atoms with Gasteiger partial charge in [0.15, 0.2) is 0 Å². The third kappa shape index (κ3) is 7.06. The number of amides is 1. The number of rotatable bonds is 13. The summed E-state index contributed by atoms with van der Waals surface area (Å²) in [4.78, 5) is 20.7. The highest BCUT2D eigenvalue weighted by Gasteiger charge is 2.19. The second-order valence-electron chi connectivity index (χ2n) is 10.5. The van der Waals surface area contributed by atoms with Crippen molar-refractivity contribution < 1.29 is 4.79 Å². The fraction of sp³-hybridized carbons (Fsp3) is 0.484. The minimum atomic E-state index is 0.129. The van der Waals surface area contributed by atoms with Crippen LogP contribution in [0.3, 0.4) is 0 Å². The zero-order valence-electron chi connectivity index (χ0n) is 22.4. The highest BCUT2D eigenvalue weighted by molar-refractivity contribution is 5.98. The van der Waals surface area contributed by atoms with Crippen molar-refractivity contribution in [3.63, 3.8) is 0 Å². The summed E-state index contributed by atoms with van der Waals surface area (Å²) in [6, 6.07) is 14.4. The van der Waals surface area contributed by atoms with E-state index in [1.54, 1.807) is 0 Å². The van der Waals surface area contributed by atoms with Gasteiger partial charge in [0, 0.05) is 30.8 Å².